The van der Waals surface area contributed by atoms with Crippen molar-refractivity contribution in [3.05, 3.63) is 44.2 Å². The van der Waals surface area contributed by atoms with Crippen molar-refractivity contribution in [1.82, 2.24) is 19.3 Å². The number of rotatable bonds is 3. The number of hydrogen-bond acceptors (Lipinski definition) is 3. The summed E-state index contributed by atoms with van der Waals surface area (Å²) in [6.07, 6.45) is 6.85. The van der Waals surface area contributed by atoms with Crippen LogP contribution >= 0.6 is 31.9 Å². The molecule has 2 aromatic rings. The SMILES string of the molecule is O=c1c(Br)c(Br)cnn1CCn1ccnc1. The number of hydrogen-bond donors (Lipinski definition) is 0. The minimum atomic E-state index is -0.144. The second-order valence-electron chi connectivity index (χ2n) is 3.14. The van der Waals surface area contributed by atoms with Crippen molar-refractivity contribution in [2.45, 2.75) is 13.1 Å². The molecule has 0 N–H and O–H groups in total. The summed E-state index contributed by atoms with van der Waals surface area (Å²) in [7, 11) is 0. The molecule has 0 amide bonds. The van der Waals surface area contributed by atoms with Crippen LogP contribution in [0.1, 0.15) is 0 Å². The van der Waals surface area contributed by atoms with E-state index in [9.17, 15) is 4.79 Å². The molecule has 0 atom stereocenters. The van der Waals surface area contributed by atoms with Gasteiger partial charge in [-0.05, 0) is 31.9 Å². The summed E-state index contributed by atoms with van der Waals surface area (Å²) in [4.78, 5) is 15.7. The van der Waals surface area contributed by atoms with Crippen LogP contribution in [0.4, 0.5) is 0 Å². The van der Waals surface area contributed by atoms with Crippen LogP contribution in [0.15, 0.2) is 38.7 Å². The highest BCUT2D eigenvalue weighted by Crippen LogP contribution is 2.16. The van der Waals surface area contributed by atoms with Gasteiger partial charge in [-0.15, -0.1) is 0 Å². The highest BCUT2D eigenvalue weighted by atomic mass is 79.9. The Balaban J connectivity index is 2.17. The molecule has 0 fully saturated rings. The smallest absolute Gasteiger partial charge is 0.282 e. The molecule has 0 bridgehead atoms. The van der Waals surface area contributed by atoms with Crippen molar-refractivity contribution in [2.75, 3.05) is 0 Å². The Hall–Kier alpha value is -0.950. The van der Waals surface area contributed by atoms with Crippen LogP contribution in [-0.2, 0) is 13.1 Å². The van der Waals surface area contributed by atoms with Gasteiger partial charge in [0.15, 0.2) is 0 Å². The fraction of sp³-hybridized carbons (Fsp3) is 0.222. The molecule has 0 aliphatic rings. The molecule has 7 heteroatoms. The minimum Gasteiger partial charge on any atom is -0.336 e. The molecule has 5 nitrogen and oxygen atoms in total. The normalized spacial score (nSPS) is 10.6. The van der Waals surface area contributed by atoms with Gasteiger partial charge < -0.3 is 4.57 Å². The molecule has 0 aliphatic heterocycles. The highest BCUT2D eigenvalue weighted by molar-refractivity contribution is 9.13. The maximum Gasteiger partial charge on any atom is 0.282 e. The summed E-state index contributed by atoms with van der Waals surface area (Å²) in [5.74, 6) is 0. The molecule has 2 rings (SSSR count). The van der Waals surface area contributed by atoms with Crippen molar-refractivity contribution in [2.24, 2.45) is 0 Å². The van der Waals surface area contributed by atoms with E-state index in [0.717, 1.165) is 0 Å². The van der Waals surface area contributed by atoms with Crippen molar-refractivity contribution >= 4 is 31.9 Å². The minimum absolute atomic E-state index is 0.144. The zero-order chi connectivity index (χ0) is 11.5. The third-order valence-corrected chi connectivity index (χ3v) is 3.97. The monoisotopic (exact) mass is 346 g/mol. The summed E-state index contributed by atoms with van der Waals surface area (Å²) < 4.78 is 4.46. The van der Waals surface area contributed by atoms with E-state index in [1.54, 1.807) is 18.7 Å². The van der Waals surface area contributed by atoms with Crippen LogP contribution in [0, 0.1) is 0 Å². The van der Waals surface area contributed by atoms with Gasteiger partial charge in [0.1, 0.15) is 4.47 Å². The van der Waals surface area contributed by atoms with Crippen LogP contribution in [0.3, 0.4) is 0 Å². The lowest BCUT2D eigenvalue weighted by molar-refractivity contribution is 0.507. The zero-order valence-electron chi connectivity index (χ0n) is 8.18. The summed E-state index contributed by atoms with van der Waals surface area (Å²) in [6.45, 7) is 1.18. The van der Waals surface area contributed by atoms with Gasteiger partial charge in [-0.25, -0.2) is 9.67 Å². The molecule has 0 aliphatic carbocycles. The fourth-order valence-electron chi connectivity index (χ4n) is 1.23. The van der Waals surface area contributed by atoms with Gasteiger partial charge in [-0.3, -0.25) is 4.79 Å². The van der Waals surface area contributed by atoms with Gasteiger partial charge >= 0.3 is 0 Å². The van der Waals surface area contributed by atoms with E-state index in [2.05, 4.69) is 41.9 Å². The lowest BCUT2D eigenvalue weighted by atomic mass is 10.5. The van der Waals surface area contributed by atoms with Crippen LogP contribution in [-0.4, -0.2) is 19.3 Å². The lowest BCUT2D eigenvalue weighted by Crippen LogP contribution is -2.25. The first-order chi connectivity index (χ1) is 7.68. The van der Waals surface area contributed by atoms with E-state index < -0.39 is 0 Å². The quantitative estimate of drug-likeness (QED) is 0.848. The van der Waals surface area contributed by atoms with Gasteiger partial charge in [0.25, 0.3) is 5.56 Å². The molecule has 0 unspecified atom stereocenters. The number of imidazole rings is 1. The summed E-state index contributed by atoms with van der Waals surface area (Å²) in [5, 5.41) is 4.03. The van der Waals surface area contributed by atoms with E-state index >= 15 is 0 Å². The number of nitrogens with zero attached hydrogens (tertiary/aromatic N) is 4. The predicted octanol–water partition coefficient (Wildman–Crippen LogP) is 1.66. The molecule has 16 heavy (non-hydrogen) atoms. The molecule has 84 valence electrons. The van der Waals surface area contributed by atoms with E-state index in [1.165, 1.54) is 4.68 Å². The average molecular weight is 348 g/mol. The van der Waals surface area contributed by atoms with Crippen LogP contribution in [0.25, 0.3) is 0 Å². The lowest BCUT2D eigenvalue weighted by Gasteiger charge is -2.05. The van der Waals surface area contributed by atoms with Crippen LogP contribution in [0.2, 0.25) is 0 Å². The largest absolute Gasteiger partial charge is 0.336 e. The third-order valence-electron chi connectivity index (χ3n) is 2.07. The standard InChI is InChI=1S/C9H8Br2N4O/c10-7-5-13-15(9(16)8(7)11)4-3-14-2-1-12-6-14/h1-2,5-6H,3-4H2. The maximum atomic E-state index is 11.7. The molecule has 0 saturated heterocycles. The van der Waals surface area contributed by atoms with Gasteiger partial charge in [-0.2, -0.15) is 5.10 Å². The number of aryl methyl sites for hydroxylation is 2. The van der Waals surface area contributed by atoms with Crippen molar-refractivity contribution in [3.8, 4) is 0 Å². The van der Waals surface area contributed by atoms with E-state index in [-0.39, 0.29) is 5.56 Å². The Morgan fingerprint density at radius 2 is 2.12 bits per heavy atom. The van der Waals surface area contributed by atoms with E-state index in [4.69, 9.17) is 0 Å². The van der Waals surface area contributed by atoms with Gasteiger partial charge in [0.05, 0.1) is 23.5 Å². The number of aromatic nitrogens is 4. The molecule has 0 radical (unpaired) electrons. The number of halogens is 2. The Morgan fingerprint density at radius 1 is 1.31 bits per heavy atom. The molecular formula is C9H8Br2N4O. The molecule has 0 spiro atoms. The fourth-order valence-corrected chi connectivity index (χ4v) is 1.80. The molecule has 0 saturated carbocycles. The van der Waals surface area contributed by atoms with E-state index in [1.807, 2.05) is 10.8 Å². The van der Waals surface area contributed by atoms with Crippen molar-refractivity contribution in [1.29, 1.82) is 0 Å². The summed E-state index contributed by atoms with van der Waals surface area (Å²) >= 11 is 6.44. The van der Waals surface area contributed by atoms with Gasteiger partial charge in [0, 0.05) is 18.9 Å². The first kappa shape index (κ1) is 11.5. The first-order valence-corrected chi connectivity index (χ1v) is 6.14. The summed E-state index contributed by atoms with van der Waals surface area (Å²) in [5.41, 5.74) is -0.144. The third kappa shape index (κ3) is 2.41. The Kier molecular flexibility index (Phi) is 3.55. The second-order valence-corrected chi connectivity index (χ2v) is 4.78. The Morgan fingerprint density at radius 3 is 2.81 bits per heavy atom. The molecule has 2 heterocycles. The predicted molar refractivity (Wildman–Crippen MR) is 66.1 cm³/mol. The van der Waals surface area contributed by atoms with E-state index in [0.29, 0.717) is 22.0 Å². The molecule has 2 aromatic heterocycles. The highest BCUT2D eigenvalue weighted by Gasteiger charge is 2.05. The summed E-state index contributed by atoms with van der Waals surface area (Å²) in [6, 6.07) is 0. The van der Waals surface area contributed by atoms with Crippen LogP contribution < -0.4 is 5.56 Å². The second kappa shape index (κ2) is 4.92. The average Bonchev–Trinajstić information content (AvgIpc) is 2.78. The van der Waals surface area contributed by atoms with Crippen molar-refractivity contribution in [3.63, 3.8) is 0 Å². The first-order valence-electron chi connectivity index (χ1n) is 4.55. The van der Waals surface area contributed by atoms with Gasteiger partial charge in [-0.1, -0.05) is 0 Å². The topological polar surface area (TPSA) is 52.7 Å². The zero-order valence-corrected chi connectivity index (χ0v) is 11.3. The molecular weight excluding hydrogens is 340 g/mol. The van der Waals surface area contributed by atoms with Crippen LogP contribution in [0.5, 0.6) is 0 Å². The Labute approximate surface area is 108 Å². The maximum absolute atomic E-state index is 11.7. The van der Waals surface area contributed by atoms with Crippen molar-refractivity contribution < 1.29 is 0 Å². The Bertz CT molecular complexity index is 535. The molecule has 0 aromatic carbocycles. The van der Waals surface area contributed by atoms with Gasteiger partial charge in [0.2, 0.25) is 0 Å².